The van der Waals surface area contributed by atoms with Gasteiger partial charge in [-0.3, -0.25) is 0 Å². The predicted molar refractivity (Wildman–Crippen MR) is 138 cm³/mol. The minimum Gasteiger partial charge on any atom is -0.246 e. The topological polar surface area (TPSA) is 25.8 Å². The second kappa shape index (κ2) is 11.2. The molecular formula is C30H36N2. The van der Waals surface area contributed by atoms with Gasteiger partial charge in [-0.2, -0.15) is 0 Å². The van der Waals surface area contributed by atoms with Gasteiger partial charge in [-0.1, -0.05) is 76.6 Å². The highest BCUT2D eigenvalue weighted by atomic mass is 14.8. The van der Waals surface area contributed by atoms with Crippen molar-refractivity contribution >= 4 is 21.8 Å². The standard InChI is InChI=1S/C30H36N2/c1-3-5-7-9-11-23-13-17-27-25(21-23)15-19-29(31-27)30-20-16-26-22-24(12-10-8-6-4-2)14-18-28(26)32-30/h13-22H,3-12H2,1-2H3. The summed E-state index contributed by atoms with van der Waals surface area (Å²) in [6.45, 7) is 4.52. The van der Waals surface area contributed by atoms with E-state index >= 15 is 0 Å². The zero-order valence-electron chi connectivity index (χ0n) is 19.7. The van der Waals surface area contributed by atoms with Crippen molar-refractivity contribution in [3.8, 4) is 11.4 Å². The number of benzene rings is 2. The number of aryl methyl sites for hydroxylation is 2. The third-order valence-electron chi connectivity index (χ3n) is 6.41. The zero-order chi connectivity index (χ0) is 22.2. The van der Waals surface area contributed by atoms with E-state index < -0.39 is 0 Å². The fraction of sp³-hybridized carbons (Fsp3) is 0.400. The van der Waals surface area contributed by atoms with Gasteiger partial charge in [0, 0.05) is 10.8 Å². The van der Waals surface area contributed by atoms with E-state index in [-0.39, 0.29) is 0 Å². The van der Waals surface area contributed by atoms with E-state index in [1.807, 2.05) is 0 Å². The zero-order valence-corrected chi connectivity index (χ0v) is 19.7. The highest BCUT2D eigenvalue weighted by molar-refractivity contribution is 5.84. The minimum atomic E-state index is 0.943. The van der Waals surface area contributed by atoms with Crippen LogP contribution >= 0.6 is 0 Å². The van der Waals surface area contributed by atoms with Crippen LogP contribution in [0.3, 0.4) is 0 Å². The molecule has 0 radical (unpaired) electrons. The van der Waals surface area contributed by atoms with E-state index in [1.165, 1.54) is 73.3 Å². The molecule has 0 amide bonds. The molecule has 0 atom stereocenters. The fourth-order valence-electron chi connectivity index (χ4n) is 4.46. The number of unbranched alkanes of at least 4 members (excludes halogenated alkanes) is 6. The van der Waals surface area contributed by atoms with Crippen molar-refractivity contribution in [2.24, 2.45) is 0 Å². The number of nitrogens with zero attached hydrogens (tertiary/aromatic N) is 2. The van der Waals surface area contributed by atoms with Crippen LogP contribution in [0.1, 0.15) is 76.3 Å². The van der Waals surface area contributed by atoms with Gasteiger partial charge in [0.2, 0.25) is 0 Å². The van der Waals surface area contributed by atoms with Crippen molar-refractivity contribution < 1.29 is 0 Å². The van der Waals surface area contributed by atoms with Crippen molar-refractivity contribution in [1.82, 2.24) is 9.97 Å². The van der Waals surface area contributed by atoms with Gasteiger partial charge in [0.25, 0.3) is 0 Å². The first kappa shape index (κ1) is 22.5. The molecule has 0 aliphatic heterocycles. The van der Waals surface area contributed by atoms with Crippen LogP contribution in [-0.2, 0) is 12.8 Å². The number of fused-ring (bicyclic) bond motifs is 2. The molecule has 2 nitrogen and oxygen atoms in total. The summed E-state index contributed by atoms with van der Waals surface area (Å²) in [6.07, 6.45) is 12.7. The molecule has 0 bridgehead atoms. The van der Waals surface area contributed by atoms with Crippen molar-refractivity contribution in [1.29, 1.82) is 0 Å². The Morgan fingerprint density at radius 2 is 0.969 bits per heavy atom. The number of hydrogen-bond donors (Lipinski definition) is 0. The van der Waals surface area contributed by atoms with E-state index in [0.717, 1.165) is 35.3 Å². The molecule has 0 saturated carbocycles. The molecule has 4 rings (SSSR count). The van der Waals surface area contributed by atoms with Gasteiger partial charge in [-0.05, 0) is 73.2 Å². The van der Waals surface area contributed by atoms with Gasteiger partial charge >= 0.3 is 0 Å². The Morgan fingerprint density at radius 3 is 1.41 bits per heavy atom. The fourth-order valence-corrected chi connectivity index (χ4v) is 4.46. The first-order chi connectivity index (χ1) is 15.8. The first-order valence-electron chi connectivity index (χ1n) is 12.6. The van der Waals surface area contributed by atoms with Gasteiger partial charge < -0.3 is 0 Å². The molecule has 0 N–H and O–H groups in total. The molecule has 2 aromatic heterocycles. The smallest absolute Gasteiger partial charge is 0.0894 e. The third-order valence-corrected chi connectivity index (χ3v) is 6.41. The van der Waals surface area contributed by atoms with Crippen LogP contribution in [0.4, 0.5) is 0 Å². The average Bonchev–Trinajstić information content (AvgIpc) is 2.84. The second-order valence-electron chi connectivity index (χ2n) is 9.07. The van der Waals surface area contributed by atoms with Crippen molar-refractivity contribution in [3.05, 3.63) is 71.8 Å². The van der Waals surface area contributed by atoms with Gasteiger partial charge in [-0.15, -0.1) is 0 Å². The Hall–Kier alpha value is -2.74. The van der Waals surface area contributed by atoms with E-state index in [9.17, 15) is 0 Å². The molecule has 0 fully saturated rings. The molecule has 4 aromatic rings. The summed E-state index contributed by atoms with van der Waals surface area (Å²) in [5.41, 5.74) is 6.81. The molecular weight excluding hydrogens is 388 g/mol. The van der Waals surface area contributed by atoms with Gasteiger partial charge in [0.1, 0.15) is 0 Å². The van der Waals surface area contributed by atoms with E-state index in [4.69, 9.17) is 9.97 Å². The quantitative estimate of drug-likeness (QED) is 0.225. The van der Waals surface area contributed by atoms with Crippen LogP contribution in [-0.4, -0.2) is 9.97 Å². The maximum Gasteiger partial charge on any atom is 0.0894 e. The maximum atomic E-state index is 4.92. The Bertz CT molecular complexity index is 1070. The number of pyridine rings is 2. The van der Waals surface area contributed by atoms with E-state index in [1.54, 1.807) is 0 Å². The monoisotopic (exact) mass is 424 g/mol. The molecule has 32 heavy (non-hydrogen) atoms. The number of hydrogen-bond acceptors (Lipinski definition) is 2. The molecule has 0 aliphatic carbocycles. The lowest BCUT2D eigenvalue weighted by Gasteiger charge is -2.08. The lowest BCUT2D eigenvalue weighted by molar-refractivity contribution is 0.667. The molecule has 2 aromatic carbocycles. The molecule has 0 spiro atoms. The van der Waals surface area contributed by atoms with Gasteiger partial charge in [0.05, 0.1) is 22.4 Å². The summed E-state index contributed by atoms with van der Waals surface area (Å²) in [7, 11) is 0. The lowest BCUT2D eigenvalue weighted by Crippen LogP contribution is -1.92. The predicted octanol–water partition coefficient (Wildman–Crippen LogP) is 8.70. The molecule has 0 unspecified atom stereocenters. The lowest BCUT2D eigenvalue weighted by atomic mass is 10.0. The first-order valence-corrected chi connectivity index (χ1v) is 12.6. The summed E-state index contributed by atoms with van der Waals surface area (Å²) in [6, 6.07) is 22.0. The molecule has 166 valence electrons. The van der Waals surface area contributed by atoms with Crippen molar-refractivity contribution in [2.75, 3.05) is 0 Å². The SMILES string of the molecule is CCCCCCc1ccc2nc(-c3ccc4cc(CCCCCC)ccc4n3)ccc2c1. The Labute approximate surface area is 193 Å². The Morgan fingerprint density at radius 1 is 0.500 bits per heavy atom. The van der Waals surface area contributed by atoms with Crippen molar-refractivity contribution in [3.63, 3.8) is 0 Å². The van der Waals surface area contributed by atoms with Gasteiger partial charge in [0.15, 0.2) is 0 Å². The largest absolute Gasteiger partial charge is 0.246 e. The van der Waals surface area contributed by atoms with E-state index in [2.05, 4.69) is 74.5 Å². The Balaban J connectivity index is 1.49. The summed E-state index contributed by atoms with van der Waals surface area (Å²) in [5, 5.41) is 2.44. The van der Waals surface area contributed by atoms with Crippen LogP contribution in [0.5, 0.6) is 0 Å². The van der Waals surface area contributed by atoms with Crippen LogP contribution in [0.2, 0.25) is 0 Å². The highest BCUT2D eigenvalue weighted by Crippen LogP contribution is 2.24. The molecule has 2 heteroatoms. The van der Waals surface area contributed by atoms with Crippen LogP contribution < -0.4 is 0 Å². The summed E-state index contributed by atoms with van der Waals surface area (Å²) in [5.74, 6) is 0. The van der Waals surface area contributed by atoms with Gasteiger partial charge in [-0.25, -0.2) is 9.97 Å². The maximum absolute atomic E-state index is 4.92. The summed E-state index contributed by atoms with van der Waals surface area (Å²) in [4.78, 5) is 9.83. The molecule has 0 aliphatic rings. The van der Waals surface area contributed by atoms with Crippen LogP contribution in [0, 0.1) is 0 Å². The second-order valence-corrected chi connectivity index (χ2v) is 9.07. The van der Waals surface area contributed by atoms with Crippen LogP contribution in [0.25, 0.3) is 33.2 Å². The molecule has 0 saturated heterocycles. The Kier molecular flexibility index (Phi) is 7.87. The van der Waals surface area contributed by atoms with Crippen LogP contribution in [0.15, 0.2) is 60.7 Å². The summed E-state index contributed by atoms with van der Waals surface area (Å²) >= 11 is 0. The highest BCUT2D eigenvalue weighted by Gasteiger charge is 2.06. The van der Waals surface area contributed by atoms with Crippen molar-refractivity contribution in [2.45, 2.75) is 78.1 Å². The number of rotatable bonds is 11. The van der Waals surface area contributed by atoms with E-state index in [0.29, 0.717) is 0 Å². The average molecular weight is 425 g/mol. The minimum absolute atomic E-state index is 0.943. The third kappa shape index (κ3) is 5.73. The number of aromatic nitrogens is 2. The molecule has 2 heterocycles. The summed E-state index contributed by atoms with van der Waals surface area (Å²) < 4.78 is 0. The normalized spacial score (nSPS) is 11.4.